The minimum atomic E-state index is -0.507. The van der Waals surface area contributed by atoms with Gasteiger partial charge >= 0.3 is 6.09 Å². The number of nitrogens with one attached hydrogen (secondary N) is 1. The predicted octanol–water partition coefficient (Wildman–Crippen LogP) is 3.12. The van der Waals surface area contributed by atoms with Crippen LogP contribution in [0.15, 0.2) is 30.3 Å². The molecule has 1 amide bonds. The first-order chi connectivity index (χ1) is 11.1. The number of para-hydroxylation sites is 2. The number of rotatable bonds is 4. The summed E-state index contributed by atoms with van der Waals surface area (Å²) < 4.78 is 8.63. The Bertz CT molecular complexity index is 849. The molecule has 120 valence electrons. The number of carbonyl (C=O) groups is 1. The van der Waals surface area contributed by atoms with Crippen molar-refractivity contribution in [2.24, 2.45) is 0 Å². The smallest absolute Gasteiger partial charge is 0.412 e. The van der Waals surface area contributed by atoms with Crippen LogP contribution in [-0.2, 0) is 11.3 Å². The molecule has 0 aliphatic heterocycles. The van der Waals surface area contributed by atoms with Crippen molar-refractivity contribution >= 4 is 22.9 Å². The van der Waals surface area contributed by atoms with Gasteiger partial charge in [0.1, 0.15) is 5.82 Å². The molecule has 0 unspecified atom stereocenters. The van der Waals surface area contributed by atoms with Gasteiger partial charge in [-0.05, 0) is 32.9 Å². The standard InChI is InChI=1S/C16H19N5O2/c1-4-20-13-9-7-6-8-12(13)17-15(20)21-14(10-11(3)19-21)18-16(22)23-5-2/h6-10H,4-5H2,1-3H3,(H,18,22). The molecule has 0 aliphatic rings. The normalized spacial score (nSPS) is 10.9. The number of hydrogen-bond donors (Lipinski definition) is 1. The van der Waals surface area contributed by atoms with Crippen LogP contribution in [0.3, 0.4) is 0 Å². The third kappa shape index (κ3) is 2.77. The van der Waals surface area contributed by atoms with Gasteiger partial charge in [0.15, 0.2) is 0 Å². The van der Waals surface area contributed by atoms with E-state index in [-0.39, 0.29) is 0 Å². The molecular formula is C16H19N5O2. The minimum absolute atomic E-state index is 0.312. The molecule has 1 N–H and O–H groups in total. The average molecular weight is 313 g/mol. The molecule has 0 saturated heterocycles. The Kier molecular flexibility index (Phi) is 4.01. The molecular weight excluding hydrogens is 294 g/mol. The number of amides is 1. The largest absolute Gasteiger partial charge is 0.450 e. The summed E-state index contributed by atoms with van der Waals surface area (Å²) in [6.07, 6.45) is -0.507. The molecule has 0 bridgehead atoms. The van der Waals surface area contributed by atoms with E-state index in [0.717, 1.165) is 23.3 Å². The van der Waals surface area contributed by atoms with E-state index in [4.69, 9.17) is 4.74 Å². The second-order valence-electron chi connectivity index (χ2n) is 5.07. The van der Waals surface area contributed by atoms with Gasteiger partial charge in [-0.2, -0.15) is 9.78 Å². The second kappa shape index (κ2) is 6.12. The number of nitrogens with zero attached hydrogens (tertiary/aromatic N) is 4. The third-order valence-corrected chi connectivity index (χ3v) is 3.48. The molecule has 3 rings (SSSR count). The summed E-state index contributed by atoms with van der Waals surface area (Å²) in [7, 11) is 0. The molecule has 0 radical (unpaired) electrons. The van der Waals surface area contributed by atoms with Crippen molar-refractivity contribution in [2.75, 3.05) is 11.9 Å². The van der Waals surface area contributed by atoms with Crippen LogP contribution in [0.2, 0.25) is 0 Å². The van der Waals surface area contributed by atoms with E-state index in [1.165, 1.54) is 0 Å². The van der Waals surface area contributed by atoms with Crippen LogP contribution in [0.4, 0.5) is 10.6 Å². The Hall–Kier alpha value is -2.83. The monoisotopic (exact) mass is 313 g/mol. The summed E-state index contributed by atoms with van der Waals surface area (Å²) >= 11 is 0. The van der Waals surface area contributed by atoms with Crippen LogP contribution in [0.1, 0.15) is 19.5 Å². The fourth-order valence-electron chi connectivity index (χ4n) is 2.55. The number of aryl methyl sites for hydroxylation is 2. The topological polar surface area (TPSA) is 74.0 Å². The van der Waals surface area contributed by atoms with Gasteiger partial charge in [-0.15, -0.1) is 0 Å². The van der Waals surface area contributed by atoms with Crippen LogP contribution in [-0.4, -0.2) is 32.0 Å². The summed E-state index contributed by atoms with van der Waals surface area (Å²) in [4.78, 5) is 16.4. The maximum Gasteiger partial charge on any atom is 0.412 e. The first-order valence-electron chi connectivity index (χ1n) is 7.60. The van der Waals surface area contributed by atoms with Gasteiger partial charge < -0.3 is 9.30 Å². The molecule has 0 saturated carbocycles. The summed E-state index contributed by atoms with van der Waals surface area (Å²) in [6.45, 7) is 6.73. The van der Waals surface area contributed by atoms with Crippen molar-refractivity contribution in [3.63, 3.8) is 0 Å². The van der Waals surface area contributed by atoms with Gasteiger partial charge in [0.05, 0.1) is 23.3 Å². The molecule has 7 heteroatoms. The number of benzene rings is 1. The Morgan fingerprint density at radius 2 is 2.09 bits per heavy atom. The van der Waals surface area contributed by atoms with Crippen molar-refractivity contribution in [3.8, 4) is 5.95 Å². The van der Waals surface area contributed by atoms with Gasteiger partial charge in [0.25, 0.3) is 0 Å². The van der Waals surface area contributed by atoms with Crippen LogP contribution in [0, 0.1) is 6.92 Å². The number of fused-ring (bicyclic) bond motifs is 1. The van der Waals surface area contributed by atoms with E-state index in [1.807, 2.05) is 38.1 Å². The summed E-state index contributed by atoms with van der Waals surface area (Å²) in [5.41, 5.74) is 2.70. The van der Waals surface area contributed by atoms with Crippen LogP contribution in [0.5, 0.6) is 0 Å². The van der Waals surface area contributed by atoms with Crippen molar-refractivity contribution in [2.45, 2.75) is 27.3 Å². The summed E-state index contributed by atoms with van der Waals surface area (Å²) in [5.74, 6) is 1.19. The highest BCUT2D eigenvalue weighted by molar-refractivity contribution is 5.84. The summed E-state index contributed by atoms with van der Waals surface area (Å²) in [5, 5.41) is 7.17. The zero-order valence-corrected chi connectivity index (χ0v) is 13.4. The van der Waals surface area contributed by atoms with Gasteiger partial charge in [-0.25, -0.2) is 9.78 Å². The Labute approximate surface area is 133 Å². The van der Waals surface area contributed by atoms with Crippen molar-refractivity contribution < 1.29 is 9.53 Å². The molecule has 2 aromatic heterocycles. The predicted molar refractivity (Wildman–Crippen MR) is 87.9 cm³/mol. The number of ether oxygens (including phenoxy) is 1. The molecule has 2 heterocycles. The fraction of sp³-hybridized carbons (Fsp3) is 0.312. The maximum absolute atomic E-state index is 11.7. The maximum atomic E-state index is 11.7. The molecule has 3 aromatic rings. The molecule has 7 nitrogen and oxygen atoms in total. The molecule has 0 atom stereocenters. The van der Waals surface area contributed by atoms with Crippen molar-refractivity contribution in [1.82, 2.24) is 19.3 Å². The van der Waals surface area contributed by atoms with E-state index in [2.05, 4.69) is 20.0 Å². The van der Waals surface area contributed by atoms with E-state index in [9.17, 15) is 4.79 Å². The molecule has 0 spiro atoms. The van der Waals surface area contributed by atoms with Gasteiger partial charge in [0, 0.05) is 12.6 Å². The zero-order valence-electron chi connectivity index (χ0n) is 13.4. The molecule has 23 heavy (non-hydrogen) atoms. The Balaban J connectivity index is 2.10. The van der Waals surface area contributed by atoms with E-state index in [1.54, 1.807) is 17.7 Å². The number of imidazole rings is 1. The van der Waals surface area contributed by atoms with Crippen LogP contribution in [0.25, 0.3) is 17.0 Å². The third-order valence-electron chi connectivity index (χ3n) is 3.48. The highest BCUT2D eigenvalue weighted by atomic mass is 16.5. The van der Waals surface area contributed by atoms with Gasteiger partial charge in [-0.3, -0.25) is 5.32 Å². The SMILES string of the molecule is CCOC(=O)Nc1cc(C)nn1-c1nc2ccccc2n1CC. The zero-order chi connectivity index (χ0) is 16.4. The quantitative estimate of drug-likeness (QED) is 0.803. The first-order valence-corrected chi connectivity index (χ1v) is 7.60. The second-order valence-corrected chi connectivity index (χ2v) is 5.07. The molecule has 1 aromatic carbocycles. The Morgan fingerprint density at radius 1 is 1.30 bits per heavy atom. The van der Waals surface area contributed by atoms with Crippen molar-refractivity contribution in [1.29, 1.82) is 0 Å². The summed E-state index contributed by atoms with van der Waals surface area (Å²) in [6, 6.07) is 9.69. The lowest BCUT2D eigenvalue weighted by atomic mass is 10.3. The van der Waals surface area contributed by atoms with E-state index < -0.39 is 6.09 Å². The highest BCUT2D eigenvalue weighted by Gasteiger charge is 2.17. The highest BCUT2D eigenvalue weighted by Crippen LogP contribution is 2.22. The lowest BCUT2D eigenvalue weighted by Crippen LogP contribution is -2.17. The minimum Gasteiger partial charge on any atom is -0.450 e. The lowest BCUT2D eigenvalue weighted by Gasteiger charge is -2.10. The number of aromatic nitrogens is 4. The van der Waals surface area contributed by atoms with Gasteiger partial charge in [-0.1, -0.05) is 12.1 Å². The Morgan fingerprint density at radius 3 is 2.83 bits per heavy atom. The van der Waals surface area contributed by atoms with Crippen molar-refractivity contribution in [3.05, 3.63) is 36.0 Å². The molecule has 0 aliphatic carbocycles. The number of anilines is 1. The van der Waals surface area contributed by atoms with Crippen LogP contribution >= 0.6 is 0 Å². The first kappa shape index (κ1) is 15.1. The fourth-order valence-corrected chi connectivity index (χ4v) is 2.55. The molecule has 0 fully saturated rings. The number of carbonyl (C=O) groups excluding carboxylic acids is 1. The van der Waals surface area contributed by atoms with E-state index in [0.29, 0.717) is 18.4 Å². The van der Waals surface area contributed by atoms with Crippen LogP contribution < -0.4 is 5.32 Å². The average Bonchev–Trinajstić information content (AvgIpc) is 3.07. The lowest BCUT2D eigenvalue weighted by molar-refractivity contribution is 0.167. The number of hydrogen-bond acceptors (Lipinski definition) is 4. The van der Waals surface area contributed by atoms with Gasteiger partial charge in [0.2, 0.25) is 5.95 Å². The van der Waals surface area contributed by atoms with E-state index >= 15 is 0 Å².